The minimum atomic E-state index is -0.991. The number of nitrogens with zero attached hydrogens (tertiary/aromatic N) is 2. The van der Waals surface area contributed by atoms with E-state index in [-0.39, 0.29) is 5.56 Å². The topological polar surface area (TPSA) is 63.1 Å². The van der Waals surface area contributed by atoms with Gasteiger partial charge in [-0.1, -0.05) is 18.2 Å². The first kappa shape index (κ1) is 13.2. The van der Waals surface area contributed by atoms with Crippen molar-refractivity contribution in [3.8, 4) is 0 Å². The van der Waals surface area contributed by atoms with Crippen molar-refractivity contribution in [2.24, 2.45) is 0 Å². The fourth-order valence-corrected chi connectivity index (χ4v) is 1.91. The fourth-order valence-electron chi connectivity index (χ4n) is 1.91. The van der Waals surface area contributed by atoms with E-state index >= 15 is 0 Å². The van der Waals surface area contributed by atoms with E-state index in [2.05, 4.69) is 35.9 Å². The molecule has 2 aromatic rings. The molecule has 0 radical (unpaired) electrons. The first-order valence-corrected chi connectivity index (χ1v) is 6.09. The van der Waals surface area contributed by atoms with E-state index in [1.807, 2.05) is 6.07 Å². The van der Waals surface area contributed by atoms with Crippen molar-refractivity contribution in [1.29, 1.82) is 0 Å². The van der Waals surface area contributed by atoms with Crippen LogP contribution in [0.5, 0.6) is 0 Å². The van der Waals surface area contributed by atoms with Crippen molar-refractivity contribution in [3.05, 3.63) is 58.2 Å². The van der Waals surface area contributed by atoms with Crippen molar-refractivity contribution in [1.82, 2.24) is 9.97 Å². The molecular formula is C15H16N2O2. The first-order valence-electron chi connectivity index (χ1n) is 6.09. The smallest absolute Gasteiger partial charge is 0.339 e. The van der Waals surface area contributed by atoms with E-state index in [1.54, 1.807) is 6.92 Å². The number of carboxylic acids is 1. The van der Waals surface area contributed by atoms with Gasteiger partial charge in [-0.3, -0.25) is 0 Å². The van der Waals surface area contributed by atoms with Crippen molar-refractivity contribution in [2.75, 3.05) is 0 Å². The van der Waals surface area contributed by atoms with Crippen molar-refractivity contribution in [2.45, 2.75) is 27.2 Å². The second-order valence-electron chi connectivity index (χ2n) is 4.69. The Morgan fingerprint density at radius 3 is 2.53 bits per heavy atom. The summed E-state index contributed by atoms with van der Waals surface area (Å²) in [6.07, 6.45) is 1.99. The Morgan fingerprint density at radius 1 is 1.21 bits per heavy atom. The molecule has 0 aliphatic carbocycles. The fraction of sp³-hybridized carbons (Fsp3) is 0.267. The summed E-state index contributed by atoms with van der Waals surface area (Å²) in [6.45, 7) is 5.83. The van der Waals surface area contributed by atoms with Crippen LogP contribution in [0.25, 0.3) is 0 Å². The summed E-state index contributed by atoms with van der Waals surface area (Å²) in [5, 5.41) is 8.93. The summed E-state index contributed by atoms with van der Waals surface area (Å²) in [5.74, 6) is -0.346. The molecule has 19 heavy (non-hydrogen) atoms. The second-order valence-corrected chi connectivity index (χ2v) is 4.69. The van der Waals surface area contributed by atoms with Crippen LogP contribution < -0.4 is 0 Å². The summed E-state index contributed by atoms with van der Waals surface area (Å²) in [7, 11) is 0. The highest BCUT2D eigenvalue weighted by atomic mass is 16.4. The van der Waals surface area contributed by atoms with Crippen LogP contribution in [0.15, 0.2) is 24.4 Å². The minimum absolute atomic E-state index is 0.156. The molecule has 0 amide bonds. The SMILES string of the molecule is Cc1ccc(Cc2ncc(C(=O)O)c(C)n2)cc1C. The Kier molecular flexibility index (Phi) is 3.60. The van der Waals surface area contributed by atoms with Crippen LogP contribution in [0.4, 0.5) is 0 Å². The van der Waals surface area contributed by atoms with E-state index < -0.39 is 5.97 Å². The van der Waals surface area contributed by atoms with E-state index in [0.29, 0.717) is 17.9 Å². The highest BCUT2D eigenvalue weighted by molar-refractivity contribution is 5.88. The quantitative estimate of drug-likeness (QED) is 0.917. The van der Waals surface area contributed by atoms with Gasteiger partial charge in [0.2, 0.25) is 0 Å². The summed E-state index contributed by atoms with van der Waals surface area (Å²) in [5.41, 5.74) is 4.27. The average Bonchev–Trinajstić information content (AvgIpc) is 2.33. The number of hydrogen-bond donors (Lipinski definition) is 1. The number of rotatable bonds is 3. The monoisotopic (exact) mass is 256 g/mol. The maximum Gasteiger partial charge on any atom is 0.339 e. The van der Waals surface area contributed by atoms with Gasteiger partial charge in [-0.15, -0.1) is 0 Å². The number of aromatic nitrogens is 2. The molecule has 98 valence electrons. The lowest BCUT2D eigenvalue weighted by Crippen LogP contribution is -2.06. The Morgan fingerprint density at radius 2 is 1.95 bits per heavy atom. The van der Waals surface area contributed by atoms with Crippen LogP contribution in [0.2, 0.25) is 0 Å². The standard InChI is InChI=1S/C15H16N2O2/c1-9-4-5-12(6-10(9)2)7-14-16-8-13(15(18)19)11(3)17-14/h4-6,8H,7H2,1-3H3,(H,18,19). The maximum absolute atomic E-state index is 10.9. The van der Waals surface area contributed by atoms with Crippen LogP contribution >= 0.6 is 0 Å². The van der Waals surface area contributed by atoms with Crippen LogP contribution in [0, 0.1) is 20.8 Å². The van der Waals surface area contributed by atoms with Crippen LogP contribution in [-0.2, 0) is 6.42 Å². The number of aromatic carboxylic acids is 1. The molecule has 0 saturated heterocycles. The summed E-state index contributed by atoms with van der Waals surface area (Å²) < 4.78 is 0. The second kappa shape index (κ2) is 5.18. The van der Waals surface area contributed by atoms with Gasteiger partial charge in [-0.2, -0.15) is 0 Å². The molecule has 0 fully saturated rings. The molecule has 0 spiro atoms. The summed E-state index contributed by atoms with van der Waals surface area (Å²) in [4.78, 5) is 19.3. The molecule has 1 heterocycles. The molecule has 0 aliphatic heterocycles. The van der Waals surface area contributed by atoms with Gasteiger partial charge in [-0.05, 0) is 37.5 Å². The molecule has 0 unspecified atom stereocenters. The van der Waals surface area contributed by atoms with Crippen molar-refractivity contribution >= 4 is 5.97 Å². The molecule has 0 aliphatic rings. The number of carbonyl (C=O) groups is 1. The molecule has 0 atom stereocenters. The Bertz CT molecular complexity index is 636. The van der Waals surface area contributed by atoms with Crippen LogP contribution in [0.3, 0.4) is 0 Å². The first-order chi connectivity index (χ1) is 8.97. The Hall–Kier alpha value is -2.23. The zero-order valence-electron chi connectivity index (χ0n) is 11.3. The lowest BCUT2D eigenvalue weighted by atomic mass is 10.0. The molecule has 1 N–H and O–H groups in total. The minimum Gasteiger partial charge on any atom is -0.478 e. The van der Waals surface area contributed by atoms with Crippen LogP contribution in [0.1, 0.15) is 38.6 Å². The highest BCUT2D eigenvalue weighted by Gasteiger charge is 2.10. The Labute approximate surface area is 112 Å². The van der Waals surface area contributed by atoms with Gasteiger partial charge < -0.3 is 5.11 Å². The van der Waals surface area contributed by atoms with E-state index in [1.165, 1.54) is 17.3 Å². The van der Waals surface area contributed by atoms with E-state index in [9.17, 15) is 4.79 Å². The normalized spacial score (nSPS) is 10.5. The lowest BCUT2D eigenvalue weighted by molar-refractivity contribution is 0.0695. The molecule has 1 aromatic heterocycles. The van der Waals surface area contributed by atoms with Gasteiger partial charge in [0.05, 0.1) is 11.3 Å². The number of carboxylic acid groups (broad SMARTS) is 1. The van der Waals surface area contributed by atoms with E-state index in [0.717, 1.165) is 5.56 Å². The van der Waals surface area contributed by atoms with E-state index in [4.69, 9.17) is 5.11 Å². The van der Waals surface area contributed by atoms with Crippen LogP contribution in [-0.4, -0.2) is 21.0 Å². The zero-order valence-corrected chi connectivity index (χ0v) is 11.3. The predicted octanol–water partition coefficient (Wildman–Crippen LogP) is 2.69. The van der Waals surface area contributed by atoms with Crippen molar-refractivity contribution < 1.29 is 9.90 Å². The third-order valence-electron chi connectivity index (χ3n) is 3.19. The maximum atomic E-state index is 10.9. The molecule has 4 nitrogen and oxygen atoms in total. The molecular weight excluding hydrogens is 240 g/mol. The molecule has 0 bridgehead atoms. The van der Waals surface area contributed by atoms with Gasteiger partial charge in [0.15, 0.2) is 0 Å². The van der Waals surface area contributed by atoms with Gasteiger partial charge in [0.1, 0.15) is 5.82 Å². The lowest BCUT2D eigenvalue weighted by Gasteiger charge is -2.06. The number of benzene rings is 1. The zero-order chi connectivity index (χ0) is 14.0. The largest absolute Gasteiger partial charge is 0.478 e. The third kappa shape index (κ3) is 2.96. The number of aryl methyl sites for hydroxylation is 3. The molecule has 4 heteroatoms. The molecule has 2 rings (SSSR count). The summed E-state index contributed by atoms with van der Waals surface area (Å²) >= 11 is 0. The Balaban J connectivity index is 2.26. The van der Waals surface area contributed by atoms with Gasteiger partial charge in [0.25, 0.3) is 0 Å². The van der Waals surface area contributed by atoms with Gasteiger partial charge in [0, 0.05) is 12.6 Å². The predicted molar refractivity (Wildman–Crippen MR) is 72.5 cm³/mol. The van der Waals surface area contributed by atoms with Gasteiger partial charge >= 0.3 is 5.97 Å². The third-order valence-corrected chi connectivity index (χ3v) is 3.19. The average molecular weight is 256 g/mol. The molecule has 1 aromatic carbocycles. The summed E-state index contributed by atoms with van der Waals surface area (Å²) in [6, 6.07) is 6.23. The highest BCUT2D eigenvalue weighted by Crippen LogP contribution is 2.13. The molecule has 0 saturated carbocycles. The van der Waals surface area contributed by atoms with Crippen molar-refractivity contribution in [3.63, 3.8) is 0 Å². The van der Waals surface area contributed by atoms with Gasteiger partial charge in [-0.25, -0.2) is 14.8 Å². The number of hydrogen-bond acceptors (Lipinski definition) is 3.